The van der Waals surface area contributed by atoms with Crippen LogP contribution in [0.3, 0.4) is 0 Å². The number of halogens is 6. The molecule has 0 aromatic rings. The molecule has 1 atom stereocenters. The van der Waals surface area contributed by atoms with E-state index >= 15 is 0 Å². The first-order valence-corrected chi connectivity index (χ1v) is 5.62. The Morgan fingerprint density at radius 1 is 1.11 bits per heavy atom. The normalized spacial score (nSPS) is 21.6. The van der Waals surface area contributed by atoms with E-state index in [1.54, 1.807) is 6.92 Å². The summed E-state index contributed by atoms with van der Waals surface area (Å²) in [6.07, 6.45) is -9.33. The molecule has 0 radical (unpaired) electrons. The second-order valence-electron chi connectivity index (χ2n) is 3.21. The molecule has 10 heteroatoms. The SMILES string of the molecule is CCCOC1SC(C(F)(F)F)=NN=C1C(F)(F)F. The van der Waals surface area contributed by atoms with Crippen LogP contribution in [0.2, 0.25) is 0 Å². The summed E-state index contributed by atoms with van der Waals surface area (Å²) in [6.45, 7) is 1.52. The summed E-state index contributed by atoms with van der Waals surface area (Å²) < 4.78 is 79.0. The third kappa shape index (κ3) is 3.87. The van der Waals surface area contributed by atoms with Crippen molar-refractivity contribution in [3.05, 3.63) is 0 Å². The van der Waals surface area contributed by atoms with Gasteiger partial charge in [-0.1, -0.05) is 18.7 Å². The van der Waals surface area contributed by atoms with Gasteiger partial charge in [0.25, 0.3) is 0 Å². The van der Waals surface area contributed by atoms with Crippen molar-refractivity contribution in [2.24, 2.45) is 10.2 Å². The Morgan fingerprint density at radius 2 is 1.72 bits per heavy atom. The molecule has 1 aliphatic heterocycles. The number of nitrogens with zero attached hydrogens (tertiary/aromatic N) is 2. The number of ether oxygens (including phenoxy) is 1. The van der Waals surface area contributed by atoms with Crippen molar-refractivity contribution < 1.29 is 31.1 Å². The zero-order chi connectivity index (χ0) is 14.0. The van der Waals surface area contributed by atoms with Crippen molar-refractivity contribution in [3.63, 3.8) is 0 Å². The third-order valence-corrected chi connectivity index (χ3v) is 2.81. The summed E-state index contributed by atoms with van der Waals surface area (Å²) in [5.41, 5.74) is -3.30. The zero-order valence-electron chi connectivity index (χ0n) is 8.97. The van der Waals surface area contributed by atoms with Gasteiger partial charge >= 0.3 is 12.4 Å². The van der Waals surface area contributed by atoms with Gasteiger partial charge in [-0.05, 0) is 6.42 Å². The summed E-state index contributed by atoms with van der Waals surface area (Å²) in [6, 6.07) is 0. The Balaban J connectivity index is 2.97. The maximum Gasteiger partial charge on any atom is 0.441 e. The Kier molecular flexibility index (Phi) is 4.65. The van der Waals surface area contributed by atoms with Crippen molar-refractivity contribution in [3.8, 4) is 0 Å². The minimum absolute atomic E-state index is 0.0993. The Bertz CT molecular complexity index is 362. The fourth-order valence-electron chi connectivity index (χ4n) is 0.979. The molecule has 0 aromatic carbocycles. The molecule has 104 valence electrons. The lowest BCUT2D eigenvalue weighted by Crippen LogP contribution is -2.39. The van der Waals surface area contributed by atoms with Crippen molar-refractivity contribution in [1.29, 1.82) is 0 Å². The molecule has 1 heterocycles. The fourth-order valence-corrected chi connectivity index (χ4v) is 1.86. The molecule has 0 spiro atoms. The highest BCUT2D eigenvalue weighted by Crippen LogP contribution is 2.35. The minimum Gasteiger partial charge on any atom is -0.361 e. The van der Waals surface area contributed by atoms with Gasteiger partial charge in [0.1, 0.15) is 0 Å². The van der Waals surface area contributed by atoms with Crippen LogP contribution in [0.15, 0.2) is 10.2 Å². The van der Waals surface area contributed by atoms with Crippen molar-refractivity contribution >= 4 is 22.5 Å². The average Bonchev–Trinajstić information content (AvgIpc) is 2.23. The van der Waals surface area contributed by atoms with E-state index in [0.29, 0.717) is 6.42 Å². The first-order chi connectivity index (χ1) is 8.16. The molecule has 0 aromatic heterocycles. The van der Waals surface area contributed by atoms with Crippen LogP contribution in [0.25, 0.3) is 0 Å². The topological polar surface area (TPSA) is 34.0 Å². The predicted octanol–water partition coefficient (Wildman–Crippen LogP) is 3.37. The standard InChI is InChI=1S/C8H8F6N2OS/c1-2-3-17-5-4(7(9,10)11)15-16-6(18-5)8(12,13)14/h5H,2-3H2,1H3. The van der Waals surface area contributed by atoms with Crippen LogP contribution in [0.1, 0.15) is 13.3 Å². The van der Waals surface area contributed by atoms with Crippen molar-refractivity contribution in [1.82, 2.24) is 0 Å². The lowest BCUT2D eigenvalue weighted by atomic mass is 10.4. The van der Waals surface area contributed by atoms with E-state index in [1.807, 2.05) is 0 Å². The Morgan fingerprint density at radius 3 is 2.17 bits per heavy atom. The molecular weight excluding hydrogens is 286 g/mol. The molecule has 3 nitrogen and oxygen atoms in total. The molecule has 0 fully saturated rings. The first kappa shape index (κ1) is 15.3. The van der Waals surface area contributed by atoms with E-state index in [9.17, 15) is 26.3 Å². The lowest BCUT2D eigenvalue weighted by molar-refractivity contribution is -0.0673. The molecular formula is C8H8F6N2OS. The lowest BCUT2D eigenvalue weighted by Gasteiger charge is -2.24. The Labute approximate surface area is 102 Å². The van der Waals surface area contributed by atoms with Crippen LogP contribution in [0.5, 0.6) is 0 Å². The quantitative estimate of drug-likeness (QED) is 0.748. The van der Waals surface area contributed by atoms with E-state index in [0.717, 1.165) is 0 Å². The summed E-state index contributed by atoms with van der Waals surface area (Å²) in [5.74, 6) is 0. The first-order valence-electron chi connectivity index (χ1n) is 4.74. The number of thioether (sulfide) groups is 1. The second-order valence-corrected chi connectivity index (χ2v) is 4.26. The van der Waals surface area contributed by atoms with Gasteiger partial charge in [0.15, 0.2) is 11.1 Å². The highest BCUT2D eigenvalue weighted by Gasteiger charge is 2.48. The fraction of sp³-hybridized carbons (Fsp3) is 0.750. The second kappa shape index (κ2) is 5.47. The highest BCUT2D eigenvalue weighted by atomic mass is 32.2. The summed E-state index contributed by atoms with van der Waals surface area (Å²) in [7, 11) is 0. The van der Waals surface area contributed by atoms with E-state index in [-0.39, 0.29) is 18.4 Å². The summed E-state index contributed by atoms with van der Waals surface area (Å²) in [4.78, 5) is 0. The molecule has 0 aliphatic carbocycles. The minimum atomic E-state index is -4.87. The van der Waals surface area contributed by atoms with Crippen LogP contribution in [-0.4, -0.2) is 35.2 Å². The van der Waals surface area contributed by atoms with Gasteiger partial charge in [0.05, 0.1) is 0 Å². The van der Waals surface area contributed by atoms with Gasteiger partial charge in [-0.2, -0.15) is 26.3 Å². The van der Waals surface area contributed by atoms with Gasteiger partial charge in [0, 0.05) is 6.61 Å². The molecule has 0 N–H and O–H groups in total. The van der Waals surface area contributed by atoms with E-state index < -0.39 is 28.5 Å². The van der Waals surface area contributed by atoms with Gasteiger partial charge in [-0.3, -0.25) is 0 Å². The number of rotatable bonds is 3. The number of alkyl halides is 6. The van der Waals surface area contributed by atoms with Crippen LogP contribution in [-0.2, 0) is 4.74 Å². The molecule has 0 saturated carbocycles. The molecule has 0 saturated heterocycles. The maximum atomic E-state index is 12.5. The van der Waals surface area contributed by atoms with Crippen LogP contribution >= 0.6 is 11.8 Å². The third-order valence-electron chi connectivity index (χ3n) is 1.70. The van der Waals surface area contributed by atoms with E-state index in [4.69, 9.17) is 4.74 Å². The zero-order valence-corrected chi connectivity index (χ0v) is 9.79. The maximum absolute atomic E-state index is 12.5. The molecule has 1 rings (SSSR count). The highest BCUT2D eigenvalue weighted by molar-refractivity contribution is 8.15. The number of hydrogen-bond acceptors (Lipinski definition) is 4. The molecule has 18 heavy (non-hydrogen) atoms. The van der Waals surface area contributed by atoms with Gasteiger partial charge in [0.2, 0.25) is 5.04 Å². The monoisotopic (exact) mass is 294 g/mol. The summed E-state index contributed by atoms with van der Waals surface area (Å²) >= 11 is -0.135. The van der Waals surface area contributed by atoms with Gasteiger partial charge in [-0.15, -0.1) is 10.2 Å². The van der Waals surface area contributed by atoms with E-state index in [1.165, 1.54) is 0 Å². The average molecular weight is 294 g/mol. The molecule has 1 aliphatic rings. The predicted molar refractivity (Wildman–Crippen MR) is 54.6 cm³/mol. The summed E-state index contributed by atoms with van der Waals surface area (Å²) in [5, 5.41) is 3.70. The van der Waals surface area contributed by atoms with Crippen molar-refractivity contribution in [2.75, 3.05) is 6.61 Å². The van der Waals surface area contributed by atoms with Gasteiger partial charge < -0.3 is 4.74 Å². The van der Waals surface area contributed by atoms with Crippen LogP contribution in [0.4, 0.5) is 26.3 Å². The number of hydrogen-bond donors (Lipinski definition) is 0. The molecule has 1 unspecified atom stereocenters. The van der Waals surface area contributed by atoms with Gasteiger partial charge in [-0.25, -0.2) is 0 Å². The molecule has 0 amide bonds. The molecule has 0 bridgehead atoms. The van der Waals surface area contributed by atoms with Crippen molar-refractivity contribution in [2.45, 2.75) is 31.1 Å². The smallest absolute Gasteiger partial charge is 0.361 e. The van der Waals surface area contributed by atoms with Crippen LogP contribution in [0, 0.1) is 0 Å². The largest absolute Gasteiger partial charge is 0.441 e. The van der Waals surface area contributed by atoms with E-state index in [2.05, 4.69) is 10.2 Å². The van der Waals surface area contributed by atoms with Crippen LogP contribution < -0.4 is 0 Å². The Hall–Kier alpha value is -0.770.